The minimum atomic E-state index is -0.795. The van der Waals surface area contributed by atoms with Gasteiger partial charge >= 0.3 is 0 Å². The number of rotatable bonds is 3. The molecule has 2 atom stereocenters. The van der Waals surface area contributed by atoms with Crippen LogP contribution < -0.4 is 10.5 Å². The Morgan fingerprint density at radius 2 is 1.83 bits per heavy atom. The summed E-state index contributed by atoms with van der Waals surface area (Å²) in [4.78, 5) is 33.0. The monoisotopic (exact) mass is 478 g/mol. The largest absolute Gasteiger partial charge is 0.367 e. The molecule has 1 saturated heterocycles. The molecule has 180 valence electrons. The van der Waals surface area contributed by atoms with Gasteiger partial charge < -0.3 is 9.64 Å². The highest BCUT2D eigenvalue weighted by Crippen LogP contribution is 2.32. The van der Waals surface area contributed by atoms with Crippen LogP contribution in [0.15, 0.2) is 41.3 Å². The molecule has 4 aromatic rings. The Bertz CT molecular complexity index is 1510. The van der Waals surface area contributed by atoms with E-state index in [0.717, 1.165) is 23.4 Å². The number of aromatic nitrogens is 5. The molecule has 0 saturated carbocycles. The lowest BCUT2D eigenvalue weighted by molar-refractivity contribution is -0.0179. The summed E-state index contributed by atoms with van der Waals surface area (Å²) in [6, 6.07) is 7.10. The number of hydrogen-bond acceptors (Lipinski definition) is 7. The van der Waals surface area contributed by atoms with Gasteiger partial charge in [-0.3, -0.25) is 14.3 Å². The quantitative estimate of drug-likeness (QED) is 0.444. The third-order valence-corrected chi connectivity index (χ3v) is 6.16. The Hall–Kier alpha value is -3.79. The number of pyridine rings is 1. The van der Waals surface area contributed by atoms with E-state index < -0.39 is 11.6 Å². The van der Waals surface area contributed by atoms with Crippen LogP contribution >= 0.6 is 0 Å². The summed E-state index contributed by atoms with van der Waals surface area (Å²) in [7, 11) is 1.60. The van der Waals surface area contributed by atoms with E-state index in [9.17, 15) is 13.6 Å². The molecule has 1 aromatic carbocycles. The number of nitrogens with zero attached hydrogens (tertiary/aromatic N) is 6. The molecule has 10 heteroatoms. The maximum Gasteiger partial charge on any atom is 0.279 e. The number of aryl methyl sites for hydroxylation is 2. The molecule has 4 heterocycles. The molecule has 0 unspecified atom stereocenters. The molecule has 0 aliphatic carbocycles. The molecule has 35 heavy (non-hydrogen) atoms. The first kappa shape index (κ1) is 23.0. The zero-order chi connectivity index (χ0) is 24.9. The molecule has 1 fully saturated rings. The van der Waals surface area contributed by atoms with Gasteiger partial charge in [-0.1, -0.05) is 0 Å². The lowest BCUT2D eigenvalue weighted by Crippen LogP contribution is -2.44. The van der Waals surface area contributed by atoms with Crippen LogP contribution in [0.5, 0.6) is 0 Å². The van der Waals surface area contributed by atoms with Crippen molar-refractivity contribution in [1.82, 2.24) is 24.5 Å². The van der Waals surface area contributed by atoms with Crippen LogP contribution in [0, 0.1) is 25.5 Å². The number of fused-ring (bicyclic) bond motifs is 1. The lowest BCUT2D eigenvalue weighted by atomic mass is 10.1. The van der Waals surface area contributed by atoms with E-state index in [1.165, 1.54) is 10.6 Å². The average molecular weight is 479 g/mol. The average Bonchev–Trinajstić information content (AvgIpc) is 2.82. The summed E-state index contributed by atoms with van der Waals surface area (Å²) >= 11 is 0. The highest BCUT2D eigenvalue weighted by Gasteiger charge is 2.30. The highest BCUT2D eigenvalue weighted by atomic mass is 19.1. The predicted molar refractivity (Wildman–Crippen MR) is 127 cm³/mol. The number of hydrogen-bond donors (Lipinski definition) is 0. The van der Waals surface area contributed by atoms with Crippen LogP contribution in [-0.2, 0) is 11.8 Å². The van der Waals surface area contributed by atoms with Crippen LogP contribution in [-0.4, -0.2) is 43.7 Å². The van der Waals surface area contributed by atoms with E-state index in [1.807, 2.05) is 30.9 Å². The van der Waals surface area contributed by atoms with Gasteiger partial charge in [-0.05, 0) is 50.6 Å². The van der Waals surface area contributed by atoms with Gasteiger partial charge in [0.25, 0.3) is 5.56 Å². The molecule has 1 aliphatic heterocycles. The highest BCUT2D eigenvalue weighted by molar-refractivity contribution is 5.89. The minimum absolute atomic E-state index is 0.0443. The van der Waals surface area contributed by atoms with Gasteiger partial charge in [0, 0.05) is 37.1 Å². The summed E-state index contributed by atoms with van der Waals surface area (Å²) in [5.41, 5.74) is 1.88. The van der Waals surface area contributed by atoms with Gasteiger partial charge in [0.2, 0.25) is 5.95 Å². The van der Waals surface area contributed by atoms with E-state index in [0.29, 0.717) is 18.9 Å². The van der Waals surface area contributed by atoms with Gasteiger partial charge in [-0.25, -0.2) is 23.7 Å². The Labute approximate surface area is 200 Å². The van der Waals surface area contributed by atoms with Crippen molar-refractivity contribution in [2.24, 2.45) is 7.05 Å². The Kier molecular flexibility index (Phi) is 5.76. The second-order valence-corrected chi connectivity index (χ2v) is 8.79. The molecule has 8 nitrogen and oxygen atoms in total. The second kappa shape index (κ2) is 8.77. The lowest BCUT2D eigenvalue weighted by Gasteiger charge is -2.37. The molecule has 0 N–H and O–H groups in total. The topological polar surface area (TPSA) is 86.0 Å². The number of morpholine rings is 1. The van der Waals surface area contributed by atoms with Crippen molar-refractivity contribution >= 4 is 17.0 Å². The summed E-state index contributed by atoms with van der Waals surface area (Å²) < 4.78 is 36.0. The van der Waals surface area contributed by atoms with E-state index in [1.54, 1.807) is 20.2 Å². The van der Waals surface area contributed by atoms with Crippen molar-refractivity contribution in [3.05, 3.63) is 75.6 Å². The molecule has 1 aliphatic rings. The van der Waals surface area contributed by atoms with Gasteiger partial charge in [-0.2, -0.15) is 0 Å². The Balaban J connectivity index is 1.68. The normalized spacial score (nSPS) is 18.3. The maximum atomic E-state index is 14.9. The second-order valence-electron chi connectivity index (χ2n) is 8.79. The minimum Gasteiger partial charge on any atom is -0.367 e. The van der Waals surface area contributed by atoms with Gasteiger partial charge in [-0.15, -0.1) is 0 Å². The smallest absolute Gasteiger partial charge is 0.279 e. The molecule has 3 aromatic heterocycles. The number of halogens is 2. The van der Waals surface area contributed by atoms with E-state index in [2.05, 4.69) is 19.9 Å². The molecule has 0 radical (unpaired) electrons. The number of benzene rings is 1. The van der Waals surface area contributed by atoms with E-state index in [-0.39, 0.29) is 46.0 Å². The van der Waals surface area contributed by atoms with Gasteiger partial charge in [0.1, 0.15) is 34.8 Å². The molecule has 0 bridgehead atoms. The summed E-state index contributed by atoms with van der Waals surface area (Å²) in [5.74, 6) is -0.820. The maximum absolute atomic E-state index is 14.9. The zero-order valence-electron chi connectivity index (χ0n) is 19.8. The summed E-state index contributed by atoms with van der Waals surface area (Å²) in [6.07, 6.45) is 1.30. The molecular weight excluding hydrogens is 454 g/mol. The fraction of sp³-hybridized carbons (Fsp3) is 0.320. The van der Waals surface area contributed by atoms with Crippen molar-refractivity contribution in [3.63, 3.8) is 0 Å². The first-order valence-corrected chi connectivity index (χ1v) is 11.2. The third kappa shape index (κ3) is 4.25. The predicted octanol–water partition coefficient (Wildman–Crippen LogP) is 3.65. The van der Waals surface area contributed by atoms with E-state index in [4.69, 9.17) is 4.74 Å². The fourth-order valence-electron chi connectivity index (χ4n) is 4.32. The first-order valence-electron chi connectivity index (χ1n) is 11.2. The summed E-state index contributed by atoms with van der Waals surface area (Å²) in [6.45, 7) is 6.42. The van der Waals surface area contributed by atoms with Gasteiger partial charge in [0.05, 0.1) is 12.6 Å². The Morgan fingerprint density at radius 3 is 2.57 bits per heavy atom. The van der Waals surface area contributed by atoms with Crippen molar-refractivity contribution in [2.75, 3.05) is 18.0 Å². The number of ether oxygens (including phenoxy) is 1. The van der Waals surface area contributed by atoms with Crippen LogP contribution in [0.2, 0.25) is 0 Å². The molecule has 0 spiro atoms. The molecule has 5 rings (SSSR count). The van der Waals surface area contributed by atoms with Crippen LogP contribution in [0.3, 0.4) is 0 Å². The molecular formula is C25H24F2N6O2. The standard InChI is InChI=1S/C25H24F2N6O2/c1-13-9-16(7-8-28-13)20-12-33(11-14(2)35-20)25-30-21(18-6-5-17(26)10-19(18)27)22-23(31-25)24(34)32(4)15(3)29-22/h5-10,14,20H,11-12H2,1-4H3/t14-,20+/m1/s1. The first-order chi connectivity index (χ1) is 16.7. The van der Waals surface area contributed by atoms with Crippen molar-refractivity contribution in [2.45, 2.75) is 33.0 Å². The number of anilines is 1. The van der Waals surface area contributed by atoms with Crippen LogP contribution in [0.4, 0.5) is 14.7 Å². The van der Waals surface area contributed by atoms with Gasteiger partial charge in [0.15, 0.2) is 5.52 Å². The van der Waals surface area contributed by atoms with Crippen LogP contribution in [0.25, 0.3) is 22.3 Å². The molecule has 0 amide bonds. The van der Waals surface area contributed by atoms with Crippen molar-refractivity contribution in [1.29, 1.82) is 0 Å². The third-order valence-electron chi connectivity index (χ3n) is 6.16. The van der Waals surface area contributed by atoms with Crippen molar-refractivity contribution in [3.8, 4) is 11.3 Å². The van der Waals surface area contributed by atoms with Crippen molar-refractivity contribution < 1.29 is 13.5 Å². The SMILES string of the molecule is Cc1cc([C@@H]2CN(c3nc(-c4ccc(F)cc4F)c4nc(C)n(C)c(=O)c4n3)C[C@@H](C)O2)ccn1. The van der Waals surface area contributed by atoms with Crippen LogP contribution in [0.1, 0.15) is 30.1 Å². The zero-order valence-corrected chi connectivity index (χ0v) is 19.8. The fourth-order valence-corrected chi connectivity index (χ4v) is 4.32. The van der Waals surface area contributed by atoms with E-state index >= 15 is 0 Å². The Morgan fingerprint density at radius 1 is 1.03 bits per heavy atom. The summed E-state index contributed by atoms with van der Waals surface area (Å²) in [5, 5.41) is 0.